The first-order chi connectivity index (χ1) is 8.03. The fourth-order valence-corrected chi connectivity index (χ4v) is 2.04. The number of halogens is 1. The van der Waals surface area contributed by atoms with Gasteiger partial charge in [0.05, 0.1) is 11.0 Å². The number of nitrogens with one attached hydrogen (secondary N) is 1. The van der Waals surface area contributed by atoms with E-state index in [0.717, 1.165) is 0 Å². The summed E-state index contributed by atoms with van der Waals surface area (Å²) >= 11 is 0. The number of aromatic amines is 1. The molecule has 5 heteroatoms. The fraction of sp³-hybridized carbons (Fsp3) is 0.333. The number of imidazole rings is 1. The number of H-pyrrole nitrogens is 1. The van der Waals surface area contributed by atoms with Crippen LogP contribution in [-0.4, -0.2) is 21.0 Å². The number of hydrogen-bond acceptors (Lipinski definition) is 2. The monoisotopic (exact) mass is 234 g/mol. The van der Waals surface area contributed by atoms with E-state index in [1.807, 2.05) is 0 Å². The summed E-state index contributed by atoms with van der Waals surface area (Å²) in [5.74, 6) is -0.755. The summed E-state index contributed by atoms with van der Waals surface area (Å²) in [6.07, 6.45) is 1.17. The minimum Gasteiger partial charge on any atom is -0.480 e. The van der Waals surface area contributed by atoms with Crippen LogP contribution in [0.3, 0.4) is 0 Å². The van der Waals surface area contributed by atoms with Gasteiger partial charge in [-0.3, -0.25) is 4.79 Å². The van der Waals surface area contributed by atoms with Gasteiger partial charge < -0.3 is 10.1 Å². The van der Waals surface area contributed by atoms with Gasteiger partial charge in [0.25, 0.3) is 0 Å². The predicted molar refractivity (Wildman–Crippen MR) is 59.3 cm³/mol. The summed E-state index contributed by atoms with van der Waals surface area (Å²) in [7, 11) is 0. The first kappa shape index (κ1) is 10.3. The predicted octanol–water partition coefficient (Wildman–Crippen LogP) is 2.13. The second kappa shape index (κ2) is 3.06. The number of rotatable bonds is 2. The molecule has 0 bridgehead atoms. The zero-order chi connectivity index (χ0) is 12.2. The van der Waals surface area contributed by atoms with Gasteiger partial charge >= 0.3 is 5.97 Å². The number of nitrogens with zero attached hydrogens (tertiary/aromatic N) is 1. The summed E-state index contributed by atoms with van der Waals surface area (Å²) in [6.45, 7) is 1.67. The van der Waals surface area contributed by atoms with Crippen molar-refractivity contribution in [2.24, 2.45) is 0 Å². The van der Waals surface area contributed by atoms with E-state index in [2.05, 4.69) is 9.97 Å². The van der Waals surface area contributed by atoms with Crippen molar-refractivity contribution < 1.29 is 14.3 Å². The lowest BCUT2D eigenvalue weighted by Gasteiger charge is -2.03. The molecule has 1 heterocycles. The van der Waals surface area contributed by atoms with E-state index >= 15 is 0 Å². The van der Waals surface area contributed by atoms with Crippen molar-refractivity contribution in [2.45, 2.75) is 25.2 Å². The summed E-state index contributed by atoms with van der Waals surface area (Å²) in [6, 6.07) is 2.99. The van der Waals surface area contributed by atoms with Crippen LogP contribution in [0.25, 0.3) is 11.0 Å². The van der Waals surface area contributed by atoms with E-state index < -0.39 is 11.4 Å². The van der Waals surface area contributed by atoms with Crippen molar-refractivity contribution in [3.63, 3.8) is 0 Å². The molecule has 1 aromatic heterocycles. The zero-order valence-electron chi connectivity index (χ0n) is 9.25. The molecule has 88 valence electrons. The third-order valence-electron chi connectivity index (χ3n) is 3.37. The topological polar surface area (TPSA) is 66.0 Å². The number of aliphatic carboxylic acids is 1. The number of carboxylic acid groups (broad SMARTS) is 1. The number of benzene rings is 1. The molecule has 1 aromatic carbocycles. The first-order valence-electron chi connectivity index (χ1n) is 5.43. The summed E-state index contributed by atoms with van der Waals surface area (Å²) in [5, 5.41) is 9.16. The van der Waals surface area contributed by atoms with Crippen LogP contribution in [0.15, 0.2) is 12.1 Å². The average molecular weight is 234 g/mol. The Kier molecular flexibility index (Phi) is 1.85. The van der Waals surface area contributed by atoms with Crippen molar-refractivity contribution in [2.75, 3.05) is 0 Å². The maximum absolute atomic E-state index is 13.4. The Morgan fingerprint density at radius 3 is 2.82 bits per heavy atom. The molecule has 0 spiro atoms. The Bertz CT molecular complexity index is 590. The van der Waals surface area contributed by atoms with E-state index in [-0.39, 0.29) is 5.82 Å². The standard InChI is InChI=1S/C12H11FN2O2/c1-6-4-8-9(5-7(6)13)15-10(14-8)12(2-3-12)11(16)17/h4-5H,2-3H2,1H3,(H,14,15)(H,16,17). The molecule has 2 N–H and O–H groups in total. The Labute approximate surface area is 96.5 Å². The second-order valence-electron chi connectivity index (χ2n) is 4.59. The van der Waals surface area contributed by atoms with Crippen LogP contribution >= 0.6 is 0 Å². The van der Waals surface area contributed by atoms with Gasteiger partial charge in [-0.25, -0.2) is 9.37 Å². The highest BCUT2D eigenvalue weighted by atomic mass is 19.1. The molecule has 1 aliphatic carbocycles. The Balaban J connectivity index is 2.18. The third-order valence-corrected chi connectivity index (χ3v) is 3.37. The van der Waals surface area contributed by atoms with Crippen molar-refractivity contribution >= 4 is 17.0 Å². The molecule has 0 aliphatic heterocycles. The lowest BCUT2D eigenvalue weighted by Crippen LogP contribution is -2.20. The number of hydrogen-bond donors (Lipinski definition) is 2. The van der Waals surface area contributed by atoms with Crippen LogP contribution < -0.4 is 0 Å². The van der Waals surface area contributed by atoms with Crippen molar-refractivity contribution in [3.8, 4) is 0 Å². The molecule has 4 nitrogen and oxygen atoms in total. The van der Waals surface area contributed by atoms with Crippen LogP contribution in [0, 0.1) is 12.7 Å². The van der Waals surface area contributed by atoms with E-state index in [0.29, 0.717) is 35.3 Å². The molecule has 2 aromatic rings. The molecule has 1 fully saturated rings. The molecule has 1 saturated carbocycles. The van der Waals surface area contributed by atoms with E-state index in [1.54, 1.807) is 13.0 Å². The van der Waals surface area contributed by atoms with Crippen molar-refractivity contribution in [3.05, 3.63) is 29.3 Å². The van der Waals surface area contributed by atoms with E-state index in [1.165, 1.54) is 6.07 Å². The molecular formula is C12H11FN2O2. The number of fused-ring (bicyclic) bond motifs is 1. The first-order valence-corrected chi connectivity index (χ1v) is 5.43. The van der Waals surface area contributed by atoms with Gasteiger partial charge in [0, 0.05) is 6.07 Å². The van der Waals surface area contributed by atoms with Gasteiger partial charge in [0.1, 0.15) is 17.1 Å². The lowest BCUT2D eigenvalue weighted by molar-refractivity contribution is -0.140. The molecule has 3 rings (SSSR count). The molecule has 0 atom stereocenters. The lowest BCUT2D eigenvalue weighted by atomic mass is 10.1. The number of aromatic nitrogens is 2. The van der Waals surface area contributed by atoms with Gasteiger partial charge in [-0.15, -0.1) is 0 Å². The summed E-state index contributed by atoms with van der Waals surface area (Å²) in [4.78, 5) is 18.3. The highest BCUT2D eigenvalue weighted by Gasteiger charge is 2.54. The second-order valence-corrected chi connectivity index (χ2v) is 4.59. The highest BCUT2D eigenvalue weighted by Crippen LogP contribution is 2.47. The zero-order valence-corrected chi connectivity index (χ0v) is 9.25. The highest BCUT2D eigenvalue weighted by molar-refractivity contribution is 5.86. The van der Waals surface area contributed by atoms with Crippen LogP contribution in [0.2, 0.25) is 0 Å². The smallest absolute Gasteiger partial charge is 0.317 e. The van der Waals surface area contributed by atoms with Crippen LogP contribution in [0.1, 0.15) is 24.2 Å². The van der Waals surface area contributed by atoms with Crippen LogP contribution in [0.4, 0.5) is 4.39 Å². The van der Waals surface area contributed by atoms with Gasteiger partial charge in [-0.2, -0.15) is 0 Å². The van der Waals surface area contributed by atoms with Crippen LogP contribution in [-0.2, 0) is 10.2 Å². The van der Waals surface area contributed by atoms with Gasteiger partial charge in [-0.1, -0.05) is 0 Å². The number of carboxylic acids is 1. The minimum atomic E-state index is -0.872. The molecule has 0 radical (unpaired) electrons. The maximum Gasteiger partial charge on any atom is 0.317 e. The van der Waals surface area contributed by atoms with E-state index in [4.69, 9.17) is 5.11 Å². The summed E-state index contributed by atoms with van der Waals surface area (Å²) < 4.78 is 13.4. The van der Waals surface area contributed by atoms with Crippen molar-refractivity contribution in [1.29, 1.82) is 0 Å². The summed E-state index contributed by atoms with van der Waals surface area (Å²) in [5.41, 5.74) is 0.818. The minimum absolute atomic E-state index is 0.323. The molecule has 0 unspecified atom stereocenters. The largest absolute Gasteiger partial charge is 0.480 e. The van der Waals surface area contributed by atoms with Gasteiger partial charge in [0.15, 0.2) is 0 Å². The Morgan fingerprint density at radius 1 is 1.53 bits per heavy atom. The van der Waals surface area contributed by atoms with Crippen LogP contribution in [0.5, 0.6) is 0 Å². The van der Waals surface area contributed by atoms with Crippen molar-refractivity contribution in [1.82, 2.24) is 9.97 Å². The fourth-order valence-electron chi connectivity index (χ4n) is 2.04. The normalized spacial score (nSPS) is 17.3. The quantitative estimate of drug-likeness (QED) is 0.836. The Morgan fingerprint density at radius 2 is 2.24 bits per heavy atom. The maximum atomic E-state index is 13.4. The van der Waals surface area contributed by atoms with Gasteiger partial charge in [-0.05, 0) is 31.4 Å². The molecular weight excluding hydrogens is 223 g/mol. The molecule has 1 aliphatic rings. The number of aryl methyl sites for hydroxylation is 1. The van der Waals surface area contributed by atoms with Gasteiger partial charge in [0.2, 0.25) is 0 Å². The molecule has 17 heavy (non-hydrogen) atoms. The molecule has 0 amide bonds. The molecule has 0 saturated heterocycles. The SMILES string of the molecule is Cc1cc2[nH]c(C3(C(=O)O)CC3)nc2cc1F. The third kappa shape index (κ3) is 1.35. The average Bonchev–Trinajstić information content (AvgIpc) is 2.98. The Hall–Kier alpha value is -1.91. The van der Waals surface area contributed by atoms with E-state index in [9.17, 15) is 9.18 Å². The number of carbonyl (C=O) groups is 1.